The molecule has 1 atom stereocenters. The number of hydrogen-bond donors (Lipinski definition) is 0. The fraction of sp³-hybridized carbons (Fsp3) is 0.476. The third-order valence-corrected chi connectivity index (χ3v) is 6.21. The molecule has 0 N–H and O–H groups in total. The van der Waals surface area contributed by atoms with Crippen molar-refractivity contribution in [2.45, 2.75) is 63.6 Å². The lowest BCUT2D eigenvalue weighted by Gasteiger charge is -2.14. The first-order chi connectivity index (χ1) is 13.6. The normalized spacial score (nSPS) is 16.8. The average molecular weight is 399 g/mol. The number of hydrogen-bond acceptors (Lipinski definition) is 6. The van der Waals surface area contributed by atoms with E-state index in [2.05, 4.69) is 47.6 Å². The van der Waals surface area contributed by atoms with E-state index in [1.807, 2.05) is 12.1 Å². The second-order valence-electron chi connectivity index (χ2n) is 7.16. The van der Waals surface area contributed by atoms with Crippen LogP contribution in [0.2, 0.25) is 0 Å². The number of aryl methyl sites for hydroxylation is 2. The first-order valence-corrected chi connectivity index (χ1v) is 10.8. The molecule has 0 spiro atoms. The van der Waals surface area contributed by atoms with Gasteiger partial charge in [-0.3, -0.25) is 0 Å². The van der Waals surface area contributed by atoms with Crippen LogP contribution >= 0.6 is 11.8 Å². The molecule has 7 heteroatoms. The van der Waals surface area contributed by atoms with E-state index >= 15 is 0 Å². The van der Waals surface area contributed by atoms with E-state index < -0.39 is 0 Å². The molecule has 6 nitrogen and oxygen atoms in total. The van der Waals surface area contributed by atoms with Gasteiger partial charge in [0.15, 0.2) is 5.16 Å². The monoisotopic (exact) mass is 398 g/mol. The van der Waals surface area contributed by atoms with Crippen LogP contribution in [-0.4, -0.2) is 32.4 Å². The topological polar surface area (TPSA) is 66.0 Å². The number of aromatic nitrogens is 4. The van der Waals surface area contributed by atoms with Crippen LogP contribution in [0.4, 0.5) is 0 Å². The van der Waals surface area contributed by atoms with Crippen LogP contribution in [0.3, 0.4) is 0 Å². The molecule has 0 amide bonds. The van der Waals surface area contributed by atoms with Crippen molar-refractivity contribution in [3.8, 4) is 11.4 Å². The van der Waals surface area contributed by atoms with E-state index in [-0.39, 0.29) is 6.10 Å². The summed E-state index contributed by atoms with van der Waals surface area (Å²) >= 11 is 1.63. The van der Waals surface area contributed by atoms with E-state index in [9.17, 15) is 0 Å². The Morgan fingerprint density at radius 1 is 1.18 bits per heavy atom. The number of imidazole rings is 1. The van der Waals surface area contributed by atoms with Crippen molar-refractivity contribution in [3.05, 3.63) is 47.1 Å². The molecule has 3 aromatic rings. The van der Waals surface area contributed by atoms with Crippen LogP contribution in [0.5, 0.6) is 0 Å². The highest BCUT2D eigenvalue weighted by Gasteiger charge is 2.21. The highest BCUT2D eigenvalue weighted by molar-refractivity contribution is 7.98. The smallest absolute Gasteiger partial charge is 0.237 e. The molecule has 148 valence electrons. The average Bonchev–Trinajstić information content (AvgIpc) is 3.45. The Hall–Kier alpha value is -2.12. The Labute approximate surface area is 169 Å². The SMILES string of the molecule is CCc1ccc(-c2noc(CSc3nc(C)c(C)n3CC3CCCO3)n2)cc1. The maximum Gasteiger partial charge on any atom is 0.237 e. The third-order valence-electron chi connectivity index (χ3n) is 5.25. The molecule has 1 aromatic carbocycles. The van der Waals surface area contributed by atoms with Crippen LogP contribution in [0.15, 0.2) is 33.9 Å². The summed E-state index contributed by atoms with van der Waals surface area (Å²) < 4.78 is 13.5. The van der Waals surface area contributed by atoms with E-state index in [0.29, 0.717) is 17.5 Å². The van der Waals surface area contributed by atoms with Crippen LogP contribution in [0, 0.1) is 13.8 Å². The summed E-state index contributed by atoms with van der Waals surface area (Å²) in [6.07, 6.45) is 3.56. The molecule has 28 heavy (non-hydrogen) atoms. The van der Waals surface area contributed by atoms with Gasteiger partial charge in [-0.05, 0) is 38.7 Å². The lowest BCUT2D eigenvalue weighted by atomic mass is 10.1. The van der Waals surface area contributed by atoms with E-state index in [4.69, 9.17) is 14.2 Å². The van der Waals surface area contributed by atoms with Crippen molar-refractivity contribution >= 4 is 11.8 Å². The van der Waals surface area contributed by atoms with Crippen molar-refractivity contribution < 1.29 is 9.26 Å². The predicted molar refractivity (Wildman–Crippen MR) is 109 cm³/mol. The standard InChI is InChI=1S/C21H26N4O2S/c1-4-16-7-9-17(10-8-16)20-23-19(27-24-20)13-28-21-22-14(2)15(3)25(21)12-18-6-5-11-26-18/h7-10,18H,4-6,11-13H2,1-3H3. The quantitative estimate of drug-likeness (QED) is 0.543. The van der Waals surface area contributed by atoms with E-state index in [1.165, 1.54) is 11.3 Å². The highest BCUT2D eigenvalue weighted by Crippen LogP contribution is 2.27. The third kappa shape index (κ3) is 4.15. The largest absolute Gasteiger partial charge is 0.376 e. The molecule has 1 fully saturated rings. The minimum Gasteiger partial charge on any atom is -0.376 e. The maximum absolute atomic E-state index is 5.81. The van der Waals surface area contributed by atoms with Gasteiger partial charge in [-0.2, -0.15) is 4.98 Å². The van der Waals surface area contributed by atoms with Gasteiger partial charge in [0.2, 0.25) is 11.7 Å². The van der Waals surface area contributed by atoms with Crippen molar-refractivity contribution in [2.75, 3.05) is 6.61 Å². The molecular formula is C21H26N4O2S. The minimum atomic E-state index is 0.285. The van der Waals surface area contributed by atoms with Crippen molar-refractivity contribution in [1.29, 1.82) is 0 Å². The number of thioether (sulfide) groups is 1. The minimum absolute atomic E-state index is 0.285. The molecule has 1 unspecified atom stereocenters. The molecule has 2 aromatic heterocycles. The zero-order valence-corrected chi connectivity index (χ0v) is 17.5. The summed E-state index contributed by atoms with van der Waals surface area (Å²) in [7, 11) is 0. The summed E-state index contributed by atoms with van der Waals surface area (Å²) in [6, 6.07) is 8.30. The number of ether oxygens (including phenoxy) is 1. The van der Waals surface area contributed by atoms with Gasteiger partial charge in [-0.1, -0.05) is 48.1 Å². The fourth-order valence-electron chi connectivity index (χ4n) is 3.39. The Morgan fingerprint density at radius 3 is 2.71 bits per heavy atom. The molecule has 0 saturated carbocycles. The Bertz CT molecular complexity index is 927. The van der Waals surface area contributed by atoms with E-state index in [0.717, 1.165) is 48.8 Å². The Kier molecular flexibility index (Phi) is 5.82. The number of rotatable bonds is 7. The van der Waals surface area contributed by atoms with E-state index in [1.54, 1.807) is 11.8 Å². The Morgan fingerprint density at radius 2 is 2.00 bits per heavy atom. The molecule has 0 bridgehead atoms. The molecule has 4 rings (SSSR count). The molecule has 1 aliphatic rings. The van der Waals surface area contributed by atoms with Gasteiger partial charge in [-0.25, -0.2) is 4.98 Å². The zero-order valence-electron chi connectivity index (χ0n) is 16.6. The predicted octanol–water partition coefficient (Wildman–Crippen LogP) is 4.58. The second kappa shape index (κ2) is 8.49. The molecular weight excluding hydrogens is 372 g/mol. The lowest BCUT2D eigenvalue weighted by molar-refractivity contribution is 0.0945. The highest BCUT2D eigenvalue weighted by atomic mass is 32.2. The van der Waals surface area contributed by atoms with Crippen LogP contribution in [0.25, 0.3) is 11.4 Å². The fourth-order valence-corrected chi connectivity index (χ4v) is 4.33. The van der Waals surface area contributed by atoms with Crippen LogP contribution < -0.4 is 0 Å². The maximum atomic E-state index is 5.81. The van der Waals surface area contributed by atoms with Gasteiger partial charge in [0.1, 0.15) is 0 Å². The number of nitrogens with zero attached hydrogens (tertiary/aromatic N) is 4. The van der Waals surface area contributed by atoms with Gasteiger partial charge in [0.05, 0.1) is 24.1 Å². The van der Waals surface area contributed by atoms with Crippen molar-refractivity contribution in [2.24, 2.45) is 0 Å². The van der Waals surface area contributed by atoms with Gasteiger partial charge in [0, 0.05) is 17.9 Å². The second-order valence-corrected chi connectivity index (χ2v) is 8.10. The lowest BCUT2D eigenvalue weighted by Crippen LogP contribution is -2.16. The molecule has 1 saturated heterocycles. The van der Waals surface area contributed by atoms with Gasteiger partial charge in [-0.15, -0.1) is 0 Å². The summed E-state index contributed by atoms with van der Waals surface area (Å²) in [5.41, 5.74) is 4.53. The zero-order chi connectivity index (χ0) is 19.5. The van der Waals surface area contributed by atoms with Crippen molar-refractivity contribution in [1.82, 2.24) is 19.7 Å². The molecule has 1 aliphatic heterocycles. The summed E-state index contributed by atoms with van der Waals surface area (Å²) in [6.45, 7) is 8.03. The summed E-state index contributed by atoms with van der Waals surface area (Å²) in [5, 5.41) is 5.12. The van der Waals surface area contributed by atoms with Gasteiger partial charge >= 0.3 is 0 Å². The summed E-state index contributed by atoms with van der Waals surface area (Å²) in [4.78, 5) is 9.28. The number of benzene rings is 1. The van der Waals surface area contributed by atoms with Crippen LogP contribution in [0.1, 0.15) is 42.6 Å². The first kappa shape index (κ1) is 19.2. The molecule has 0 aliphatic carbocycles. The van der Waals surface area contributed by atoms with Crippen LogP contribution in [-0.2, 0) is 23.5 Å². The first-order valence-electron chi connectivity index (χ1n) is 9.84. The molecule has 0 radical (unpaired) electrons. The summed E-state index contributed by atoms with van der Waals surface area (Å²) in [5.74, 6) is 1.84. The van der Waals surface area contributed by atoms with Gasteiger partial charge in [0.25, 0.3) is 0 Å². The van der Waals surface area contributed by atoms with Gasteiger partial charge < -0.3 is 13.8 Å². The molecule has 3 heterocycles. The Balaban J connectivity index is 1.44. The van der Waals surface area contributed by atoms with Crippen molar-refractivity contribution in [3.63, 3.8) is 0 Å².